The van der Waals surface area contributed by atoms with Crippen LogP contribution in [-0.4, -0.2) is 27.7 Å². The summed E-state index contributed by atoms with van der Waals surface area (Å²) in [6, 6.07) is 1.82. The van der Waals surface area contributed by atoms with Gasteiger partial charge in [0.2, 0.25) is 0 Å². The van der Waals surface area contributed by atoms with Crippen LogP contribution < -0.4 is 5.32 Å². The summed E-state index contributed by atoms with van der Waals surface area (Å²) in [4.78, 5) is 12.1. The fourth-order valence-electron chi connectivity index (χ4n) is 2.19. The first-order valence-corrected chi connectivity index (χ1v) is 7.20. The molecule has 0 unspecified atom stereocenters. The van der Waals surface area contributed by atoms with Gasteiger partial charge in [-0.05, 0) is 47.7 Å². The zero-order valence-corrected chi connectivity index (χ0v) is 12.2. The molecule has 0 atom stereocenters. The molecule has 1 amide bonds. The van der Waals surface area contributed by atoms with Gasteiger partial charge in [-0.25, -0.2) is 0 Å². The maximum Gasteiger partial charge on any atom is 0.268 e. The first-order chi connectivity index (χ1) is 8.54. The predicted molar refractivity (Wildman–Crippen MR) is 73.6 cm³/mol. The van der Waals surface area contributed by atoms with Gasteiger partial charge in [-0.3, -0.25) is 4.79 Å². The lowest BCUT2D eigenvalue weighted by molar-refractivity contribution is -0.0301. The number of aliphatic hydroxyl groups is 1. The molecule has 0 aliphatic heterocycles. The van der Waals surface area contributed by atoms with Crippen molar-refractivity contribution in [2.75, 3.05) is 6.54 Å². The molecule has 1 aliphatic carbocycles. The second-order valence-corrected chi connectivity index (χ2v) is 5.91. The quantitative estimate of drug-likeness (QED) is 0.876. The zero-order valence-electron chi connectivity index (χ0n) is 10.6. The number of nitrogens with one attached hydrogen (secondary N) is 1. The number of carbonyl (C=O) groups excluding carboxylic acids is 1. The van der Waals surface area contributed by atoms with Crippen molar-refractivity contribution in [1.29, 1.82) is 0 Å². The molecule has 0 aromatic carbocycles. The molecule has 2 N–H and O–H groups in total. The summed E-state index contributed by atoms with van der Waals surface area (Å²) in [5.74, 6) is -0.116. The predicted octanol–water partition coefficient (Wildman–Crippen LogP) is 2.31. The number of nitrogens with zero attached hydrogens (tertiary/aromatic N) is 1. The van der Waals surface area contributed by atoms with Crippen molar-refractivity contribution in [3.63, 3.8) is 0 Å². The average Bonchev–Trinajstić information content (AvgIpc) is 2.65. The van der Waals surface area contributed by atoms with Gasteiger partial charge in [-0.15, -0.1) is 0 Å². The van der Waals surface area contributed by atoms with E-state index in [0.29, 0.717) is 12.2 Å². The van der Waals surface area contributed by atoms with Crippen LogP contribution in [0, 0.1) is 0 Å². The summed E-state index contributed by atoms with van der Waals surface area (Å²) in [5, 5.41) is 12.8. The van der Waals surface area contributed by atoms with Crippen molar-refractivity contribution in [2.24, 2.45) is 0 Å². The van der Waals surface area contributed by atoms with Crippen LogP contribution in [0.2, 0.25) is 0 Å². The molecule has 1 fully saturated rings. The normalized spacial score (nSPS) is 17.3. The molecule has 4 nitrogen and oxygen atoms in total. The number of amides is 1. The first kappa shape index (κ1) is 13.6. The molecule has 1 aliphatic rings. The lowest BCUT2D eigenvalue weighted by Gasteiger charge is -2.36. The third-order valence-electron chi connectivity index (χ3n) is 3.42. The van der Waals surface area contributed by atoms with E-state index in [4.69, 9.17) is 0 Å². The fraction of sp³-hybridized carbons (Fsp3) is 0.615. The molecule has 2 rings (SSSR count). The van der Waals surface area contributed by atoms with Crippen LogP contribution in [-0.2, 0) is 6.54 Å². The summed E-state index contributed by atoms with van der Waals surface area (Å²) in [6.07, 6.45) is 5.51. The van der Waals surface area contributed by atoms with E-state index >= 15 is 0 Å². The van der Waals surface area contributed by atoms with Gasteiger partial charge in [-0.2, -0.15) is 0 Å². The van der Waals surface area contributed by atoms with Crippen LogP contribution in [0.15, 0.2) is 16.7 Å². The van der Waals surface area contributed by atoms with E-state index in [0.717, 1.165) is 36.7 Å². The summed E-state index contributed by atoms with van der Waals surface area (Å²) in [5.41, 5.74) is -0.0265. The van der Waals surface area contributed by atoms with Crippen LogP contribution in [0.5, 0.6) is 0 Å². The Hall–Kier alpha value is -0.810. The van der Waals surface area contributed by atoms with Gasteiger partial charge in [0.25, 0.3) is 5.91 Å². The monoisotopic (exact) mass is 314 g/mol. The van der Waals surface area contributed by atoms with E-state index in [1.165, 1.54) is 0 Å². The first-order valence-electron chi connectivity index (χ1n) is 6.40. The number of halogens is 1. The van der Waals surface area contributed by atoms with Crippen LogP contribution in [0.4, 0.5) is 0 Å². The molecule has 0 saturated heterocycles. The lowest BCUT2D eigenvalue weighted by atomic mass is 9.80. The average molecular weight is 315 g/mol. The SMILES string of the molecule is CCCn1cc(Br)cc1C(=O)NCC1(O)CCC1. The second kappa shape index (κ2) is 5.45. The summed E-state index contributed by atoms with van der Waals surface area (Å²) in [7, 11) is 0. The van der Waals surface area contributed by atoms with E-state index in [1.54, 1.807) is 0 Å². The van der Waals surface area contributed by atoms with Crippen LogP contribution in [0.1, 0.15) is 43.1 Å². The van der Waals surface area contributed by atoms with Crippen molar-refractivity contribution in [1.82, 2.24) is 9.88 Å². The van der Waals surface area contributed by atoms with E-state index < -0.39 is 5.60 Å². The lowest BCUT2D eigenvalue weighted by Crippen LogP contribution is -2.48. The van der Waals surface area contributed by atoms with Gasteiger partial charge in [0, 0.05) is 23.8 Å². The molecule has 100 valence electrons. The Balaban J connectivity index is 1.99. The number of carbonyl (C=O) groups is 1. The zero-order chi connectivity index (χ0) is 13.2. The minimum absolute atomic E-state index is 0.116. The van der Waals surface area contributed by atoms with Crippen LogP contribution >= 0.6 is 15.9 Å². The van der Waals surface area contributed by atoms with E-state index in [2.05, 4.69) is 28.2 Å². The number of hydrogen-bond donors (Lipinski definition) is 2. The Morgan fingerprint density at radius 2 is 2.33 bits per heavy atom. The molecule has 0 spiro atoms. The number of aryl methyl sites for hydroxylation is 1. The Morgan fingerprint density at radius 3 is 2.89 bits per heavy atom. The highest BCUT2D eigenvalue weighted by Crippen LogP contribution is 2.30. The van der Waals surface area contributed by atoms with Crippen molar-refractivity contribution in [3.05, 3.63) is 22.4 Å². The summed E-state index contributed by atoms with van der Waals surface area (Å²) < 4.78 is 2.84. The largest absolute Gasteiger partial charge is 0.388 e. The highest BCUT2D eigenvalue weighted by molar-refractivity contribution is 9.10. The number of rotatable bonds is 5. The Bertz CT molecular complexity index is 438. The molecule has 1 heterocycles. The molecule has 0 bridgehead atoms. The van der Waals surface area contributed by atoms with Crippen molar-refractivity contribution in [3.8, 4) is 0 Å². The van der Waals surface area contributed by atoms with Gasteiger partial charge in [0.1, 0.15) is 5.69 Å². The smallest absolute Gasteiger partial charge is 0.268 e. The Kier molecular flexibility index (Phi) is 4.12. The van der Waals surface area contributed by atoms with Crippen LogP contribution in [0.3, 0.4) is 0 Å². The minimum atomic E-state index is -0.672. The highest BCUT2D eigenvalue weighted by Gasteiger charge is 2.34. The molecule has 5 heteroatoms. The standard InChI is InChI=1S/C13H19BrN2O2/c1-2-6-16-8-10(14)7-11(16)12(17)15-9-13(18)4-3-5-13/h7-8,18H,2-6,9H2,1H3,(H,15,17). The summed E-state index contributed by atoms with van der Waals surface area (Å²) >= 11 is 3.39. The van der Waals surface area contributed by atoms with E-state index in [9.17, 15) is 9.90 Å². The molecular formula is C13H19BrN2O2. The molecule has 18 heavy (non-hydrogen) atoms. The second-order valence-electron chi connectivity index (χ2n) is 5.00. The van der Waals surface area contributed by atoms with Crippen molar-refractivity contribution in [2.45, 2.75) is 44.8 Å². The molecule has 1 saturated carbocycles. The molecule has 1 aromatic heterocycles. The topological polar surface area (TPSA) is 54.3 Å². The molecule has 0 radical (unpaired) electrons. The van der Waals surface area contributed by atoms with Gasteiger partial charge in [0.15, 0.2) is 0 Å². The summed E-state index contributed by atoms with van der Waals surface area (Å²) in [6.45, 7) is 3.24. The Labute approximate surface area is 116 Å². The Morgan fingerprint density at radius 1 is 1.61 bits per heavy atom. The van der Waals surface area contributed by atoms with Crippen molar-refractivity contribution < 1.29 is 9.90 Å². The molecule has 1 aromatic rings. The third-order valence-corrected chi connectivity index (χ3v) is 3.86. The maximum atomic E-state index is 12.1. The van der Waals surface area contributed by atoms with E-state index in [1.807, 2.05) is 16.8 Å². The van der Waals surface area contributed by atoms with Gasteiger partial charge in [-0.1, -0.05) is 6.92 Å². The van der Waals surface area contributed by atoms with Gasteiger partial charge >= 0.3 is 0 Å². The number of aromatic nitrogens is 1. The fourth-order valence-corrected chi connectivity index (χ4v) is 2.65. The van der Waals surface area contributed by atoms with E-state index in [-0.39, 0.29) is 5.91 Å². The minimum Gasteiger partial charge on any atom is -0.388 e. The maximum absolute atomic E-state index is 12.1. The van der Waals surface area contributed by atoms with Crippen LogP contribution in [0.25, 0.3) is 0 Å². The highest BCUT2D eigenvalue weighted by atomic mass is 79.9. The molecular weight excluding hydrogens is 296 g/mol. The third kappa shape index (κ3) is 2.95. The van der Waals surface area contributed by atoms with Crippen molar-refractivity contribution >= 4 is 21.8 Å². The number of hydrogen-bond acceptors (Lipinski definition) is 2. The van der Waals surface area contributed by atoms with Gasteiger partial charge < -0.3 is 15.0 Å². The van der Waals surface area contributed by atoms with Gasteiger partial charge in [0.05, 0.1) is 5.60 Å².